The van der Waals surface area contributed by atoms with Crippen molar-refractivity contribution in [2.24, 2.45) is 5.84 Å². The van der Waals surface area contributed by atoms with Crippen LogP contribution in [-0.2, 0) is 0 Å². The Labute approximate surface area is 128 Å². The van der Waals surface area contributed by atoms with E-state index in [4.69, 9.17) is 5.84 Å². The van der Waals surface area contributed by atoms with E-state index in [9.17, 15) is 0 Å². The summed E-state index contributed by atoms with van der Waals surface area (Å²) in [7, 11) is 0. The second-order valence-electron chi connectivity index (χ2n) is 4.24. The molecule has 1 heterocycles. The van der Waals surface area contributed by atoms with Crippen LogP contribution in [0.15, 0.2) is 31.8 Å². The first kappa shape index (κ1) is 14.2. The molecular formula is C13H14Br2N2S. The second-order valence-corrected chi connectivity index (χ2v) is 7.99. The standard InChI is InChI=1S/C13H14Br2N2S/c1-7-3-4-9(8(2)5-7)12(17-16)10-6-11(14)18-13(10)15/h3-6,12,17H,16H2,1-2H3. The average molecular weight is 390 g/mol. The van der Waals surface area contributed by atoms with Gasteiger partial charge in [0.2, 0.25) is 0 Å². The number of hydrazine groups is 1. The van der Waals surface area contributed by atoms with Gasteiger partial charge in [-0.3, -0.25) is 5.84 Å². The van der Waals surface area contributed by atoms with E-state index in [0.29, 0.717) is 0 Å². The number of hydrogen-bond acceptors (Lipinski definition) is 3. The molecule has 96 valence electrons. The number of nitrogens with one attached hydrogen (secondary N) is 1. The van der Waals surface area contributed by atoms with E-state index in [2.05, 4.69) is 75.4 Å². The monoisotopic (exact) mass is 388 g/mol. The highest BCUT2D eigenvalue weighted by Gasteiger charge is 2.19. The Kier molecular flexibility index (Phi) is 4.61. The zero-order valence-corrected chi connectivity index (χ0v) is 14.1. The lowest BCUT2D eigenvalue weighted by atomic mass is 9.96. The molecule has 1 unspecified atom stereocenters. The Balaban J connectivity index is 2.48. The fourth-order valence-corrected chi connectivity index (χ4v) is 4.95. The first-order valence-electron chi connectivity index (χ1n) is 5.51. The molecule has 3 N–H and O–H groups in total. The summed E-state index contributed by atoms with van der Waals surface area (Å²) in [5, 5.41) is 0. The van der Waals surface area contributed by atoms with Crippen molar-refractivity contribution in [1.82, 2.24) is 5.43 Å². The molecule has 0 spiro atoms. The zero-order valence-electron chi connectivity index (χ0n) is 10.1. The predicted octanol–water partition coefficient (Wildman–Crippen LogP) is 4.44. The third kappa shape index (κ3) is 2.86. The minimum atomic E-state index is 0.00234. The van der Waals surface area contributed by atoms with Gasteiger partial charge < -0.3 is 0 Å². The predicted molar refractivity (Wildman–Crippen MR) is 84.8 cm³/mol. The molecule has 0 aliphatic rings. The van der Waals surface area contributed by atoms with Gasteiger partial charge in [0, 0.05) is 5.56 Å². The van der Waals surface area contributed by atoms with Crippen LogP contribution in [0.2, 0.25) is 0 Å². The van der Waals surface area contributed by atoms with Gasteiger partial charge in [0.05, 0.1) is 13.6 Å². The average Bonchev–Trinajstić information content (AvgIpc) is 2.62. The van der Waals surface area contributed by atoms with Crippen LogP contribution in [-0.4, -0.2) is 0 Å². The molecule has 2 aromatic rings. The van der Waals surface area contributed by atoms with Crippen molar-refractivity contribution >= 4 is 43.2 Å². The normalized spacial score (nSPS) is 12.7. The number of rotatable bonds is 3. The van der Waals surface area contributed by atoms with Crippen LogP contribution < -0.4 is 11.3 Å². The highest BCUT2D eigenvalue weighted by molar-refractivity contribution is 9.12. The number of halogens is 2. The quantitative estimate of drug-likeness (QED) is 0.601. The van der Waals surface area contributed by atoms with Gasteiger partial charge in [-0.1, -0.05) is 23.8 Å². The molecule has 0 aliphatic heterocycles. The lowest BCUT2D eigenvalue weighted by Gasteiger charge is -2.18. The molecule has 0 saturated heterocycles. The Morgan fingerprint density at radius 1 is 1.17 bits per heavy atom. The van der Waals surface area contributed by atoms with Crippen molar-refractivity contribution in [2.75, 3.05) is 0 Å². The molecule has 5 heteroatoms. The van der Waals surface area contributed by atoms with E-state index >= 15 is 0 Å². The van der Waals surface area contributed by atoms with E-state index in [0.717, 1.165) is 13.1 Å². The first-order chi connectivity index (χ1) is 8.52. The van der Waals surface area contributed by atoms with Gasteiger partial charge in [-0.05, 0) is 62.9 Å². The summed E-state index contributed by atoms with van der Waals surface area (Å²) in [6.07, 6.45) is 0. The fraction of sp³-hybridized carbons (Fsp3) is 0.231. The Morgan fingerprint density at radius 3 is 2.39 bits per heavy atom. The van der Waals surface area contributed by atoms with E-state index in [1.54, 1.807) is 11.3 Å². The van der Waals surface area contributed by atoms with E-state index in [1.165, 1.54) is 16.7 Å². The molecule has 2 nitrogen and oxygen atoms in total. The molecule has 0 saturated carbocycles. The maximum absolute atomic E-state index is 5.74. The van der Waals surface area contributed by atoms with Crippen LogP contribution in [0.1, 0.15) is 28.3 Å². The Hall–Kier alpha value is -0.200. The molecule has 18 heavy (non-hydrogen) atoms. The molecule has 0 bridgehead atoms. The van der Waals surface area contributed by atoms with Gasteiger partial charge in [-0.25, -0.2) is 5.43 Å². The first-order valence-corrected chi connectivity index (χ1v) is 7.91. The fourth-order valence-electron chi connectivity index (χ4n) is 2.05. The molecule has 0 radical (unpaired) electrons. The van der Waals surface area contributed by atoms with Crippen molar-refractivity contribution in [3.05, 3.63) is 54.1 Å². The largest absolute Gasteiger partial charge is 0.271 e. The van der Waals surface area contributed by atoms with Crippen LogP contribution in [0.5, 0.6) is 0 Å². The zero-order chi connectivity index (χ0) is 13.3. The van der Waals surface area contributed by atoms with Crippen LogP contribution in [0.3, 0.4) is 0 Å². The summed E-state index contributed by atoms with van der Waals surface area (Å²) >= 11 is 8.75. The summed E-state index contributed by atoms with van der Waals surface area (Å²) < 4.78 is 2.19. The van der Waals surface area contributed by atoms with E-state index < -0.39 is 0 Å². The highest BCUT2D eigenvalue weighted by Crippen LogP contribution is 2.38. The van der Waals surface area contributed by atoms with Crippen LogP contribution in [0.4, 0.5) is 0 Å². The number of thiophene rings is 1. The summed E-state index contributed by atoms with van der Waals surface area (Å²) in [5.74, 6) is 5.74. The molecule has 0 fully saturated rings. The van der Waals surface area contributed by atoms with Gasteiger partial charge in [0.25, 0.3) is 0 Å². The van der Waals surface area contributed by atoms with Crippen molar-refractivity contribution in [1.29, 1.82) is 0 Å². The molecule has 0 aliphatic carbocycles. The number of nitrogens with two attached hydrogens (primary N) is 1. The van der Waals surface area contributed by atoms with Gasteiger partial charge in [-0.15, -0.1) is 11.3 Å². The third-order valence-corrected chi connectivity index (χ3v) is 5.28. The topological polar surface area (TPSA) is 38.0 Å². The maximum Gasteiger partial charge on any atom is 0.0762 e. The second kappa shape index (κ2) is 5.84. The molecule has 1 aromatic heterocycles. The minimum absolute atomic E-state index is 0.00234. The maximum atomic E-state index is 5.74. The van der Waals surface area contributed by atoms with Gasteiger partial charge in [-0.2, -0.15) is 0 Å². The minimum Gasteiger partial charge on any atom is -0.271 e. The lowest BCUT2D eigenvalue weighted by molar-refractivity contribution is 0.633. The molecule has 2 rings (SSSR count). The summed E-state index contributed by atoms with van der Waals surface area (Å²) in [4.78, 5) is 0. The number of hydrogen-bond donors (Lipinski definition) is 2. The molecule has 0 amide bonds. The number of benzene rings is 1. The van der Waals surface area contributed by atoms with Gasteiger partial charge >= 0.3 is 0 Å². The lowest BCUT2D eigenvalue weighted by Crippen LogP contribution is -2.29. The Bertz CT molecular complexity index is 566. The van der Waals surface area contributed by atoms with Crippen LogP contribution >= 0.6 is 43.2 Å². The van der Waals surface area contributed by atoms with Crippen molar-refractivity contribution < 1.29 is 0 Å². The summed E-state index contributed by atoms with van der Waals surface area (Å²) in [5.41, 5.74) is 7.77. The van der Waals surface area contributed by atoms with Crippen LogP contribution in [0, 0.1) is 13.8 Å². The molecular weight excluding hydrogens is 376 g/mol. The SMILES string of the molecule is Cc1ccc(C(NN)c2cc(Br)sc2Br)c(C)c1. The van der Waals surface area contributed by atoms with Gasteiger partial charge in [0.1, 0.15) is 0 Å². The molecule has 1 atom stereocenters. The molecule has 1 aromatic carbocycles. The van der Waals surface area contributed by atoms with Crippen LogP contribution in [0.25, 0.3) is 0 Å². The summed E-state index contributed by atoms with van der Waals surface area (Å²) in [6.45, 7) is 4.21. The van der Waals surface area contributed by atoms with Crippen molar-refractivity contribution in [2.45, 2.75) is 19.9 Å². The third-order valence-electron chi connectivity index (χ3n) is 2.90. The van der Waals surface area contributed by atoms with Crippen molar-refractivity contribution in [3.8, 4) is 0 Å². The van der Waals surface area contributed by atoms with E-state index in [1.807, 2.05) is 0 Å². The van der Waals surface area contributed by atoms with Gasteiger partial charge in [0.15, 0.2) is 0 Å². The van der Waals surface area contributed by atoms with E-state index in [-0.39, 0.29) is 6.04 Å². The smallest absolute Gasteiger partial charge is 0.0762 e. The number of aryl methyl sites for hydroxylation is 2. The summed E-state index contributed by atoms with van der Waals surface area (Å²) in [6, 6.07) is 8.52. The Morgan fingerprint density at radius 2 is 1.89 bits per heavy atom. The highest BCUT2D eigenvalue weighted by atomic mass is 79.9. The van der Waals surface area contributed by atoms with Crippen molar-refractivity contribution in [3.63, 3.8) is 0 Å².